The van der Waals surface area contributed by atoms with Gasteiger partial charge in [-0.2, -0.15) is 0 Å². The number of aliphatic hydroxyl groups excluding tert-OH is 1. The van der Waals surface area contributed by atoms with Gasteiger partial charge in [0.05, 0.1) is 19.2 Å². The lowest BCUT2D eigenvalue weighted by Gasteiger charge is -2.27. The number of hydrogen-bond acceptors (Lipinski definition) is 5. The summed E-state index contributed by atoms with van der Waals surface area (Å²) in [6.07, 6.45) is 1.25. The Morgan fingerprint density at radius 2 is 2.26 bits per heavy atom. The van der Waals surface area contributed by atoms with Gasteiger partial charge in [-0.15, -0.1) is 0 Å². The first-order valence-corrected chi connectivity index (χ1v) is 7.78. The molecule has 2 aromatic rings. The second-order valence-electron chi connectivity index (χ2n) is 5.81. The molecule has 1 aromatic carbocycles. The summed E-state index contributed by atoms with van der Waals surface area (Å²) in [5.74, 6) is 0.228. The van der Waals surface area contributed by atoms with Crippen LogP contribution in [0.2, 0.25) is 0 Å². The van der Waals surface area contributed by atoms with E-state index < -0.39 is 11.9 Å². The van der Waals surface area contributed by atoms with Crippen LogP contribution in [0.25, 0.3) is 10.9 Å². The van der Waals surface area contributed by atoms with Crippen LogP contribution in [0, 0.1) is 5.82 Å². The van der Waals surface area contributed by atoms with E-state index in [-0.39, 0.29) is 19.1 Å². The molecular weight excluding hydrogens is 299 g/mol. The first kappa shape index (κ1) is 16.1. The highest BCUT2D eigenvalue weighted by Gasteiger charge is 2.27. The van der Waals surface area contributed by atoms with Crippen LogP contribution >= 0.6 is 0 Å². The minimum Gasteiger partial charge on any atom is -0.497 e. The van der Waals surface area contributed by atoms with E-state index in [4.69, 9.17) is 15.2 Å². The van der Waals surface area contributed by atoms with Crippen molar-refractivity contribution >= 4 is 10.9 Å². The topological polar surface area (TPSA) is 77.6 Å². The highest BCUT2D eigenvalue weighted by Crippen LogP contribution is 2.33. The van der Waals surface area contributed by atoms with Gasteiger partial charge in [0.1, 0.15) is 17.5 Å². The SMILES string of the molecule is COc1ccc2nc(C3CC[C@@H](N)CO3)c(F)c(CCO)c2c1. The van der Waals surface area contributed by atoms with E-state index in [0.29, 0.717) is 40.9 Å². The van der Waals surface area contributed by atoms with Crippen molar-refractivity contribution < 1.29 is 19.0 Å². The standard InChI is InChI=1S/C17H21FN2O3/c1-22-11-3-4-14-13(8-11)12(6-7-21)16(18)17(20-14)15-5-2-10(19)9-23-15/h3-4,8,10,15,21H,2,5-7,9,19H2,1H3/t10-,15?/m1/s1. The third-order valence-corrected chi connectivity index (χ3v) is 4.24. The first-order valence-electron chi connectivity index (χ1n) is 7.78. The maximum Gasteiger partial charge on any atom is 0.151 e. The number of nitrogens with two attached hydrogens (primary N) is 1. The third-order valence-electron chi connectivity index (χ3n) is 4.24. The fourth-order valence-electron chi connectivity index (χ4n) is 2.99. The summed E-state index contributed by atoms with van der Waals surface area (Å²) in [5, 5.41) is 9.96. The van der Waals surface area contributed by atoms with Crippen molar-refractivity contribution in [1.29, 1.82) is 0 Å². The molecule has 1 aliphatic heterocycles. The van der Waals surface area contributed by atoms with Gasteiger partial charge in [-0.3, -0.25) is 0 Å². The fourth-order valence-corrected chi connectivity index (χ4v) is 2.99. The van der Waals surface area contributed by atoms with Crippen LogP contribution < -0.4 is 10.5 Å². The molecule has 1 unspecified atom stereocenters. The number of halogens is 1. The molecule has 0 amide bonds. The van der Waals surface area contributed by atoms with E-state index in [1.807, 2.05) is 0 Å². The lowest BCUT2D eigenvalue weighted by atomic mass is 9.98. The normalized spacial score (nSPS) is 21.6. The zero-order valence-corrected chi connectivity index (χ0v) is 13.1. The van der Waals surface area contributed by atoms with Crippen LogP contribution in [-0.4, -0.2) is 36.5 Å². The Bertz CT molecular complexity index is 700. The first-order chi connectivity index (χ1) is 11.1. The molecule has 0 radical (unpaired) electrons. The summed E-state index contributed by atoms with van der Waals surface area (Å²) in [6, 6.07) is 5.33. The quantitative estimate of drug-likeness (QED) is 0.902. The van der Waals surface area contributed by atoms with Gasteiger partial charge in [0.25, 0.3) is 0 Å². The zero-order chi connectivity index (χ0) is 16.4. The molecule has 5 nitrogen and oxygen atoms in total. The molecule has 0 spiro atoms. The molecular formula is C17H21FN2O3. The number of ether oxygens (including phenoxy) is 2. The molecule has 6 heteroatoms. The van der Waals surface area contributed by atoms with Crippen molar-refractivity contribution in [3.8, 4) is 5.75 Å². The van der Waals surface area contributed by atoms with Crippen molar-refractivity contribution in [2.24, 2.45) is 5.73 Å². The van der Waals surface area contributed by atoms with Gasteiger partial charge in [0.2, 0.25) is 0 Å². The van der Waals surface area contributed by atoms with Gasteiger partial charge in [0, 0.05) is 23.6 Å². The highest BCUT2D eigenvalue weighted by atomic mass is 19.1. The number of aliphatic hydroxyl groups is 1. The smallest absolute Gasteiger partial charge is 0.151 e. The maximum absolute atomic E-state index is 15.0. The molecule has 1 fully saturated rings. The van der Waals surface area contributed by atoms with E-state index in [2.05, 4.69) is 4.98 Å². The summed E-state index contributed by atoms with van der Waals surface area (Å²) in [4.78, 5) is 4.46. The van der Waals surface area contributed by atoms with E-state index >= 15 is 0 Å². The van der Waals surface area contributed by atoms with Crippen molar-refractivity contribution in [2.75, 3.05) is 20.3 Å². The van der Waals surface area contributed by atoms with Crippen LogP contribution in [0.15, 0.2) is 18.2 Å². The average molecular weight is 320 g/mol. The van der Waals surface area contributed by atoms with Crippen LogP contribution in [0.5, 0.6) is 5.75 Å². The summed E-state index contributed by atoms with van der Waals surface area (Å²) < 4.78 is 25.9. The molecule has 0 saturated carbocycles. The van der Waals surface area contributed by atoms with E-state index in [1.165, 1.54) is 0 Å². The second kappa shape index (κ2) is 6.78. The van der Waals surface area contributed by atoms with Crippen LogP contribution in [0.4, 0.5) is 4.39 Å². The lowest BCUT2D eigenvalue weighted by molar-refractivity contribution is -0.000416. The van der Waals surface area contributed by atoms with Crippen LogP contribution in [0.3, 0.4) is 0 Å². The number of nitrogens with zero attached hydrogens (tertiary/aromatic N) is 1. The summed E-state index contributed by atoms with van der Waals surface area (Å²) in [7, 11) is 1.56. The predicted molar refractivity (Wildman–Crippen MR) is 84.9 cm³/mol. The second-order valence-corrected chi connectivity index (χ2v) is 5.81. The minimum atomic E-state index is -0.403. The Balaban J connectivity index is 2.10. The Labute approximate surface area is 134 Å². The summed E-state index contributed by atoms with van der Waals surface area (Å²) in [5.41, 5.74) is 7.25. The highest BCUT2D eigenvalue weighted by molar-refractivity contribution is 5.84. The number of aromatic nitrogens is 1. The number of fused-ring (bicyclic) bond motifs is 1. The van der Waals surface area contributed by atoms with Crippen molar-refractivity contribution in [1.82, 2.24) is 4.98 Å². The Morgan fingerprint density at radius 1 is 1.43 bits per heavy atom. The minimum absolute atomic E-state index is 0.00376. The van der Waals surface area contributed by atoms with Crippen LogP contribution in [0.1, 0.15) is 30.2 Å². The van der Waals surface area contributed by atoms with Gasteiger partial charge in [-0.1, -0.05) is 0 Å². The van der Waals surface area contributed by atoms with Gasteiger partial charge in [0.15, 0.2) is 5.82 Å². The van der Waals surface area contributed by atoms with Crippen LogP contribution in [-0.2, 0) is 11.2 Å². The Morgan fingerprint density at radius 3 is 2.91 bits per heavy atom. The molecule has 2 atom stereocenters. The van der Waals surface area contributed by atoms with Gasteiger partial charge >= 0.3 is 0 Å². The molecule has 0 bridgehead atoms. The molecule has 3 rings (SSSR count). The molecule has 1 saturated heterocycles. The molecule has 124 valence electrons. The number of benzene rings is 1. The molecule has 23 heavy (non-hydrogen) atoms. The van der Waals surface area contributed by atoms with Gasteiger partial charge in [-0.05, 0) is 37.5 Å². The summed E-state index contributed by atoms with van der Waals surface area (Å²) in [6.45, 7) is 0.269. The van der Waals surface area contributed by atoms with Crippen molar-refractivity contribution in [2.45, 2.75) is 31.4 Å². The van der Waals surface area contributed by atoms with E-state index in [0.717, 1.165) is 6.42 Å². The lowest BCUT2D eigenvalue weighted by Crippen LogP contribution is -2.32. The molecule has 1 aromatic heterocycles. The molecule has 1 aliphatic rings. The summed E-state index contributed by atoms with van der Waals surface area (Å²) >= 11 is 0. The number of rotatable bonds is 4. The van der Waals surface area contributed by atoms with E-state index in [1.54, 1.807) is 25.3 Å². The maximum atomic E-state index is 15.0. The average Bonchev–Trinajstić information content (AvgIpc) is 2.57. The fraction of sp³-hybridized carbons (Fsp3) is 0.471. The number of hydrogen-bond donors (Lipinski definition) is 2. The zero-order valence-electron chi connectivity index (χ0n) is 13.1. The van der Waals surface area contributed by atoms with Gasteiger partial charge in [-0.25, -0.2) is 9.37 Å². The van der Waals surface area contributed by atoms with E-state index in [9.17, 15) is 9.50 Å². The monoisotopic (exact) mass is 320 g/mol. The van der Waals surface area contributed by atoms with Crippen molar-refractivity contribution in [3.63, 3.8) is 0 Å². The molecule has 0 aliphatic carbocycles. The third kappa shape index (κ3) is 3.15. The molecule has 2 heterocycles. The Kier molecular flexibility index (Phi) is 4.75. The number of pyridine rings is 1. The Hall–Kier alpha value is -1.76. The number of methoxy groups -OCH3 is 1. The predicted octanol–water partition coefficient (Wildman–Crippen LogP) is 2.10. The molecule has 3 N–H and O–H groups in total. The van der Waals surface area contributed by atoms with Crippen molar-refractivity contribution in [3.05, 3.63) is 35.3 Å². The van der Waals surface area contributed by atoms with Gasteiger partial charge < -0.3 is 20.3 Å². The largest absolute Gasteiger partial charge is 0.497 e.